The summed E-state index contributed by atoms with van der Waals surface area (Å²) in [7, 11) is 0. The van der Waals surface area contributed by atoms with E-state index >= 15 is 0 Å². The van der Waals surface area contributed by atoms with Gasteiger partial charge in [-0.1, -0.05) is 12.1 Å². The topological polar surface area (TPSA) is 53.0 Å². The molecule has 0 spiro atoms. The van der Waals surface area contributed by atoms with E-state index in [0.29, 0.717) is 12.1 Å². The van der Waals surface area contributed by atoms with E-state index < -0.39 is 0 Å². The molecule has 0 aromatic heterocycles. The van der Waals surface area contributed by atoms with Gasteiger partial charge in [-0.25, -0.2) is 4.39 Å². The average Bonchev–Trinajstić information content (AvgIpc) is 2.46. The van der Waals surface area contributed by atoms with Crippen molar-refractivity contribution in [2.45, 2.75) is 13.0 Å². The highest BCUT2D eigenvalue weighted by Gasteiger charge is 2.18. The molecule has 3 nitrogen and oxygen atoms in total. The number of hydrogen-bond acceptors (Lipinski definition) is 3. The van der Waals surface area contributed by atoms with Crippen LogP contribution >= 0.6 is 0 Å². The van der Waals surface area contributed by atoms with Gasteiger partial charge >= 0.3 is 0 Å². The summed E-state index contributed by atoms with van der Waals surface area (Å²) in [6.07, 6.45) is 0.834. The molecule has 0 bridgehead atoms. The number of rotatable bonds is 1. The minimum atomic E-state index is -0.377. The SMILES string of the molecule is N#Cc1cc(F)cc(N2CCc3c(N)cccc3C2)c1. The zero-order valence-electron chi connectivity index (χ0n) is 10.9. The monoisotopic (exact) mass is 267 g/mol. The summed E-state index contributed by atoms with van der Waals surface area (Å²) in [4.78, 5) is 2.08. The molecular formula is C16H14FN3. The minimum absolute atomic E-state index is 0.346. The third kappa shape index (κ3) is 2.19. The van der Waals surface area contributed by atoms with Crippen molar-refractivity contribution in [2.24, 2.45) is 0 Å². The van der Waals surface area contributed by atoms with Crippen molar-refractivity contribution in [1.82, 2.24) is 0 Å². The number of fused-ring (bicyclic) bond motifs is 1. The van der Waals surface area contributed by atoms with Crippen LogP contribution in [0.25, 0.3) is 0 Å². The standard InChI is InChI=1S/C16H14FN3/c17-13-6-11(9-18)7-14(8-13)20-5-4-15-12(10-20)2-1-3-16(15)19/h1-3,6-8H,4-5,10,19H2. The second-order valence-corrected chi connectivity index (χ2v) is 4.97. The Morgan fingerprint density at radius 3 is 2.90 bits per heavy atom. The second-order valence-electron chi connectivity index (χ2n) is 4.97. The molecule has 1 aliphatic heterocycles. The quantitative estimate of drug-likeness (QED) is 0.808. The number of nitrogens with zero attached hydrogens (tertiary/aromatic N) is 2. The van der Waals surface area contributed by atoms with Crippen LogP contribution in [0, 0.1) is 17.1 Å². The van der Waals surface area contributed by atoms with Crippen molar-refractivity contribution >= 4 is 11.4 Å². The van der Waals surface area contributed by atoms with Gasteiger partial charge in [-0.05, 0) is 41.8 Å². The van der Waals surface area contributed by atoms with Gasteiger partial charge in [-0.2, -0.15) is 5.26 Å². The first-order valence-corrected chi connectivity index (χ1v) is 6.49. The van der Waals surface area contributed by atoms with Gasteiger partial charge in [0.1, 0.15) is 5.82 Å². The zero-order chi connectivity index (χ0) is 14.1. The van der Waals surface area contributed by atoms with Gasteiger partial charge in [0, 0.05) is 24.5 Å². The predicted molar refractivity (Wildman–Crippen MR) is 76.7 cm³/mol. The Hall–Kier alpha value is -2.54. The summed E-state index contributed by atoms with van der Waals surface area (Å²) >= 11 is 0. The molecular weight excluding hydrogens is 253 g/mol. The fourth-order valence-electron chi connectivity index (χ4n) is 2.68. The maximum atomic E-state index is 13.5. The van der Waals surface area contributed by atoms with Gasteiger partial charge in [-0.15, -0.1) is 0 Å². The van der Waals surface area contributed by atoms with Gasteiger partial charge < -0.3 is 10.6 Å². The van der Waals surface area contributed by atoms with Crippen molar-refractivity contribution in [3.8, 4) is 6.07 Å². The summed E-state index contributed by atoms with van der Waals surface area (Å²) in [5.74, 6) is -0.377. The van der Waals surface area contributed by atoms with Crippen LogP contribution in [0.2, 0.25) is 0 Å². The molecule has 100 valence electrons. The lowest BCUT2D eigenvalue weighted by Crippen LogP contribution is -2.30. The number of benzene rings is 2. The van der Waals surface area contributed by atoms with E-state index in [9.17, 15) is 4.39 Å². The fraction of sp³-hybridized carbons (Fsp3) is 0.188. The van der Waals surface area contributed by atoms with Crippen molar-refractivity contribution in [2.75, 3.05) is 17.2 Å². The number of anilines is 2. The van der Waals surface area contributed by atoms with Crippen LogP contribution in [0.4, 0.5) is 15.8 Å². The van der Waals surface area contributed by atoms with Crippen LogP contribution in [0.15, 0.2) is 36.4 Å². The second kappa shape index (κ2) is 4.86. The highest BCUT2D eigenvalue weighted by atomic mass is 19.1. The van der Waals surface area contributed by atoms with Crippen molar-refractivity contribution in [3.63, 3.8) is 0 Å². The van der Waals surface area contributed by atoms with E-state index in [-0.39, 0.29) is 5.82 Å². The maximum Gasteiger partial charge on any atom is 0.126 e. The van der Waals surface area contributed by atoms with E-state index in [4.69, 9.17) is 11.0 Å². The first-order chi connectivity index (χ1) is 9.67. The van der Waals surface area contributed by atoms with Gasteiger partial charge in [-0.3, -0.25) is 0 Å². The minimum Gasteiger partial charge on any atom is -0.398 e. The Balaban J connectivity index is 1.95. The molecule has 0 radical (unpaired) electrons. The highest BCUT2D eigenvalue weighted by Crippen LogP contribution is 2.28. The summed E-state index contributed by atoms with van der Waals surface area (Å²) in [5, 5.41) is 8.93. The highest BCUT2D eigenvalue weighted by molar-refractivity contribution is 5.58. The van der Waals surface area contributed by atoms with Gasteiger partial charge in [0.05, 0.1) is 11.6 Å². The molecule has 0 amide bonds. The number of nitrogens with two attached hydrogens (primary N) is 1. The Kier molecular flexibility index (Phi) is 3.03. The molecule has 2 N–H and O–H groups in total. The molecule has 2 aromatic rings. The smallest absolute Gasteiger partial charge is 0.126 e. The van der Waals surface area contributed by atoms with Crippen LogP contribution < -0.4 is 10.6 Å². The normalized spacial score (nSPS) is 13.7. The molecule has 0 unspecified atom stereocenters. The summed E-state index contributed by atoms with van der Waals surface area (Å²) in [6.45, 7) is 1.46. The Labute approximate surface area is 117 Å². The van der Waals surface area contributed by atoms with Gasteiger partial charge in [0.15, 0.2) is 0 Å². The van der Waals surface area contributed by atoms with E-state index in [1.807, 2.05) is 24.3 Å². The van der Waals surface area contributed by atoms with E-state index in [0.717, 1.165) is 24.3 Å². The lowest BCUT2D eigenvalue weighted by molar-refractivity contribution is 0.624. The Morgan fingerprint density at radius 1 is 1.25 bits per heavy atom. The molecule has 0 saturated heterocycles. The number of nitriles is 1. The van der Waals surface area contributed by atoms with E-state index in [1.165, 1.54) is 23.3 Å². The Morgan fingerprint density at radius 2 is 2.10 bits per heavy atom. The third-order valence-electron chi connectivity index (χ3n) is 3.68. The van der Waals surface area contributed by atoms with Crippen LogP contribution in [-0.4, -0.2) is 6.54 Å². The number of hydrogen-bond donors (Lipinski definition) is 1. The Bertz CT molecular complexity index is 703. The molecule has 3 rings (SSSR count). The van der Waals surface area contributed by atoms with Crippen LogP contribution in [0.1, 0.15) is 16.7 Å². The largest absolute Gasteiger partial charge is 0.398 e. The molecule has 1 heterocycles. The van der Waals surface area contributed by atoms with Crippen molar-refractivity contribution in [3.05, 3.63) is 58.9 Å². The summed E-state index contributed by atoms with van der Waals surface area (Å²) < 4.78 is 13.5. The van der Waals surface area contributed by atoms with Crippen LogP contribution in [-0.2, 0) is 13.0 Å². The molecule has 0 aliphatic carbocycles. The van der Waals surface area contributed by atoms with Crippen molar-refractivity contribution < 1.29 is 4.39 Å². The van der Waals surface area contributed by atoms with Crippen molar-refractivity contribution in [1.29, 1.82) is 5.26 Å². The molecule has 1 aliphatic rings. The van der Waals surface area contributed by atoms with Crippen LogP contribution in [0.3, 0.4) is 0 Å². The molecule has 0 saturated carbocycles. The lowest BCUT2D eigenvalue weighted by atomic mass is 9.97. The first kappa shape index (κ1) is 12.5. The molecule has 20 heavy (non-hydrogen) atoms. The average molecular weight is 267 g/mol. The first-order valence-electron chi connectivity index (χ1n) is 6.49. The predicted octanol–water partition coefficient (Wildman–Crippen LogP) is 2.84. The molecule has 0 fully saturated rings. The number of halogens is 1. The van der Waals surface area contributed by atoms with E-state index in [2.05, 4.69) is 4.90 Å². The number of nitrogen functional groups attached to an aromatic ring is 1. The lowest BCUT2D eigenvalue weighted by Gasteiger charge is -2.31. The maximum absolute atomic E-state index is 13.5. The van der Waals surface area contributed by atoms with Gasteiger partial charge in [0.2, 0.25) is 0 Å². The summed E-state index contributed by atoms with van der Waals surface area (Å²) in [5.41, 5.74) is 10.2. The van der Waals surface area contributed by atoms with Crippen LogP contribution in [0.5, 0.6) is 0 Å². The van der Waals surface area contributed by atoms with Gasteiger partial charge in [0.25, 0.3) is 0 Å². The fourth-order valence-corrected chi connectivity index (χ4v) is 2.68. The zero-order valence-corrected chi connectivity index (χ0v) is 10.9. The third-order valence-corrected chi connectivity index (χ3v) is 3.68. The van der Waals surface area contributed by atoms with E-state index in [1.54, 1.807) is 6.07 Å². The molecule has 2 aromatic carbocycles. The molecule has 4 heteroatoms. The summed E-state index contributed by atoms with van der Waals surface area (Å²) in [6, 6.07) is 12.3. The molecule has 0 atom stereocenters.